The van der Waals surface area contributed by atoms with Crippen LogP contribution in [0.2, 0.25) is 0 Å². The molecule has 0 aliphatic carbocycles. The second-order valence-electron chi connectivity index (χ2n) is 5.38. The van der Waals surface area contributed by atoms with Gasteiger partial charge in [-0.3, -0.25) is 0 Å². The highest BCUT2D eigenvalue weighted by Crippen LogP contribution is 2.20. The zero-order chi connectivity index (χ0) is 16.2. The molecule has 1 heterocycles. The third kappa shape index (κ3) is 3.04. The van der Waals surface area contributed by atoms with Gasteiger partial charge in [0.25, 0.3) is 0 Å². The van der Waals surface area contributed by atoms with Crippen LogP contribution in [0.1, 0.15) is 28.1 Å². The lowest BCUT2D eigenvalue weighted by molar-refractivity contribution is 0.792. The predicted molar refractivity (Wildman–Crippen MR) is 90.9 cm³/mol. The van der Waals surface area contributed by atoms with E-state index in [1.165, 1.54) is 5.56 Å². The zero-order valence-electron chi connectivity index (χ0n) is 13.1. The van der Waals surface area contributed by atoms with Crippen LogP contribution >= 0.6 is 0 Å². The molecule has 23 heavy (non-hydrogen) atoms. The van der Waals surface area contributed by atoms with E-state index in [1.807, 2.05) is 61.5 Å². The van der Waals surface area contributed by atoms with Gasteiger partial charge in [-0.25, -0.2) is 4.68 Å². The molecule has 0 amide bonds. The Kier molecular flexibility index (Phi) is 4.03. The van der Waals surface area contributed by atoms with Crippen molar-refractivity contribution in [3.63, 3.8) is 0 Å². The fraction of sp³-hybridized carbons (Fsp3) is 0.105. The number of benzene rings is 2. The van der Waals surface area contributed by atoms with Crippen molar-refractivity contribution in [2.24, 2.45) is 0 Å². The summed E-state index contributed by atoms with van der Waals surface area (Å²) in [6.07, 6.45) is 3.84. The van der Waals surface area contributed by atoms with Gasteiger partial charge < -0.3 is 0 Å². The molecule has 2 aromatic carbocycles. The molecule has 0 aliphatic heterocycles. The molecule has 0 N–H and O–H groups in total. The zero-order valence-corrected chi connectivity index (χ0v) is 13.1. The monoisotopic (exact) mass is 300 g/mol. The molecule has 0 radical (unpaired) electrons. The Labute approximate surface area is 135 Å². The largest absolute Gasteiger partial charge is 0.212 e. The Hall–Kier alpha value is -3.19. The molecule has 3 aromatic rings. The molecular weight excluding hydrogens is 284 g/mol. The molecule has 0 spiro atoms. The van der Waals surface area contributed by atoms with E-state index in [-0.39, 0.29) is 0 Å². The summed E-state index contributed by atoms with van der Waals surface area (Å²) in [4.78, 5) is 0. The van der Waals surface area contributed by atoms with E-state index in [0.29, 0.717) is 11.4 Å². The van der Waals surface area contributed by atoms with E-state index in [9.17, 15) is 5.26 Å². The van der Waals surface area contributed by atoms with E-state index in [1.54, 1.807) is 4.68 Å². The predicted octanol–water partition coefficient (Wildman–Crippen LogP) is 3.93. The van der Waals surface area contributed by atoms with Gasteiger partial charge in [0.1, 0.15) is 11.8 Å². The van der Waals surface area contributed by atoms with Gasteiger partial charge in [-0.1, -0.05) is 59.3 Å². The van der Waals surface area contributed by atoms with Crippen LogP contribution in [0.5, 0.6) is 0 Å². The normalized spacial score (nSPS) is 10.8. The van der Waals surface area contributed by atoms with Crippen molar-refractivity contribution in [3.05, 3.63) is 76.6 Å². The maximum atomic E-state index is 9.29. The van der Waals surface area contributed by atoms with Crippen LogP contribution in [0.25, 0.3) is 17.8 Å². The highest BCUT2D eigenvalue weighted by Gasteiger charge is 2.13. The van der Waals surface area contributed by atoms with Crippen LogP contribution in [0.3, 0.4) is 0 Å². The van der Waals surface area contributed by atoms with E-state index < -0.39 is 0 Å². The van der Waals surface area contributed by atoms with Crippen molar-refractivity contribution < 1.29 is 0 Å². The lowest BCUT2D eigenvalue weighted by Crippen LogP contribution is -2.02. The quantitative estimate of drug-likeness (QED) is 0.736. The van der Waals surface area contributed by atoms with E-state index >= 15 is 0 Å². The Morgan fingerprint density at radius 2 is 1.83 bits per heavy atom. The summed E-state index contributed by atoms with van der Waals surface area (Å²) in [7, 11) is 0. The summed E-state index contributed by atoms with van der Waals surface area (Å²) < 4.78 is 1.72. The van der Waals surface area contributed by atoms with Crippen LogP contribution in [-0.4, -0.2) is 15.0 Å². The summed E-state index contributed by atoms with van der Waals surface area (Å²) in [5.41, 5.74) is 5.27. The summed E-state index contributed by atoms with van der Waals surface area (Å²) in [6, 6.07) is 18.2. The number of hydrogen-bond donors (Lipinski definition) is 0. The van der Waals surface area contributed by atoms with Crippen molar-refractivity contribution in [1.29, 1.82) is 5.26 Å². The average molecular weight is 300 g/mol. The molecule has 3 rings (SSSR count). The molecule has 0 saturated heterocycles. The molecule has 0 aliphatic rings. The number of nitriles is 1. The van der Waals surface area contributed by atoms with Crippen molar-refractivity contribution in [2.75, 3.05) is 0 Å². The number of hydrogen-bond acceptors (Lipinski definition) is 3. The molecule has 4 heteroatoms. The fourth-order valence-electron chi connectivity index (χ4n) is 2.48. The summed E-state index contributed by atoms with van der Waals surface area (Å²) in [5.74, 6) is 0. The number of rotatable bonds is 3. The molecule has 0 bridgehead atoms. The highest BCUT2D eigenvalue weighted by atomic mass is 15.4. The first-order chi connectivity index (χ1) is 11.2. The van der Waals surface area contributed by atoms with E-state index in [2.05, 4.69) is 29.4 Å². The maximum absolute atomic E-state index is 9.29. The van der Waals surface area contributed by atoms with Gasteiger partial charge in [-0.15, -0.1) is 5.10 Å². The van der Waals surface area contributed by atoms with Gasteiger partial charge in [0, 0.05) is 0 Å². The molecule has 112 valence electrons. The minimum Gasteiger partial charge on any atom is -0.212 e. The van der Waals surface area contributed by atoms with Gasteiger partial charge in [0.05, 0.1) is 5.69 Å². The smallest absolute Gasteiger partial charge is 0.190 e. The Balaban J connectivity index is 2.08. The molecule has 4 nitrogen and oxygen atoms in total. The van der Waals surface area contributed by atoms with Gasteiger partial charge in [-0.05, 0) is 37.1 Å². The first-order valence-electron chi connectivity index (χ1n) is 7.35. The number of aryl methyl sites for hydroxylation is 2. The molecular formula is C19H16N4. The second-order valence-corrected chi connectivity index (χ2v) is 5.38. The molecule has 0 atom stereocenters. The number of nitrogens with zero attached hydrogens (tertiary/aromatic N) is 4. The van der Waals surface area contributed by atoms with Crippen LogP contribution in [0.4, 0.5) is 0 Å². The van der Waals surface area contributed by atoms with Crippen molar-refractivity contribution in [1.82, 2.24) is 15.0 Å². The lowest BCUT2D eigenvalue weighted by atomic mass is 10.1. The van der Waals surface area contributed by atoms with Gasteiger partial charge in [0.15, 0.2) is 5.69 Å². The Morgan fingerprint density at radius 1 is 1.04 bits per heavy atom. The third-order valence-corrected chi connectivity index (χ3v) is 3.62. The second kappa shape index (κ2) is 6.29. The Morgan fingerprint density at radius 3 is 2.52 bits per heavy atom. The van der Waals surface area contributed by atoms with Crippen LogP contribution < -0.4 is 0 Å². The fourth-order valence-corrected chi connectivity index (χ4v) is 2.48. The van der Waals surface area contributed by atoms with Crippen molar-refractivity contribution in [2.45, 2.75) is 13.8 Å². The first kappa shape index (κ1) is 14.7. The SMILES string of the molecule is Cc1ccc(-n2nnc(C#N)c2/C=C/c2ccccc2)c(C)c1. The minimum absolute atomic E-state index is 0.317. The summed E-state index contributed by atoms with van der Waals surface area (Å²) >= 11 is 0. The summed E-state index contributed by atoms with van der Waals surface area (Å²) in [6.45, 7) is 4.08. The maximum Gasteiger partial charge on any atom is 0.190 e. The van der Waals surface area contributed by atoms with Gasteiger partial charge >= 0.3 is 0 Å². The van der Waals surface area contributed by atoms with E-state index in [4.69, 9.17) is 0 Å². The van der Waals surface area contributed by atoms with Crippen molar-refractivity contribution >= 4 is 12.2 Å². The molecule has 1 aromatic heterocycles. The van der Waals surface area contributed by atoms with Crippen LogP contribution in [0, 0.1) is 25.2 Å². The average Bonchev–Trinajstić information content (AvgIpc) is 2.96. The van der Waals surface area contributed by atoms with Crippen molar-refractivity contribution in [3.8, 4) is 11.8 Å². The molecule has 0 saturated carbocycles. The lowest BCUT2D eigenvalue weighted by Gasteiger charge is -2.08. The first-order valence-corrected chi connectivity index (χ1v) is 7.35. The highest BCUT2D eigenvalue weighted by molar-refractivity contribution is 5.71. The van der Waals surface area contributed by atoms with E-state index in [0.717, 1.165) is 16.8 Å². The van der Waals surface area contributed by atoms with Crippen LogP contribution in [-0.2, 0) is 0 Å². The standard InChI is InChI=1S/C19H16N4/c1-14-8-10-18(15(2)12-14)23-19(17(13-20)21-22-23)11-9-16-6-4-3-5-7-16/h3-12H,1-2H3/b11-9+. The Bertz CT molecular complexity index is 899. The van der Waals surface area contributed by atoms with Gasteiger partial charge in [0.2, 0.25) is 0 Å². The van der Waals surface area contributed by atoms with Gasteiger partial charge in [-0.2, -0.15) is 5.26 Å². The third-order valence-electron chi connectivity index (χ3n) is 3.62. The number of aromatic nitrogens is 3. The van der Waals surface area contributed by atoms with Crippen LogP contribution in [0.15, 0.2) is 48.5 Å². The molecule has 0 unspecified atom stereocenters. The minimum atomic E-state index is 0.317. The summed E-state index contributed by atoms with van der Waals surface area (Å²) in [5, 5.41) is 17.4. The molecule has 0 fully saturated rings. The topological polar surface area (TPSA) is 54.5 Å².